The lowest BCUT2D eigenvalue weighted by Gasteiger charge is -2.15. The van der Waals surface area contributed by atoms with Crippen molar-refractivity contribution in [2.45, 2.75) is 37.2 Å². The summed E-state index contributed by atoms with van der Waals surface area (Å²) in [6, 6.07) is 0. The molecular formula is C12H16N2O4S2. The molecule has 0 heterocycles. The van der Waals surface area contributed by atoms with E-state index < -0.39 is 22.4 Å². The number of hydrogen-bond acceptors (Lipinski definition) is 8. The third-order valence-corrected chi connectivity index (χ3v) is 3.82. The molecule has 0 aliphatic heterocycles. The summed E-state index contributed by atoms with van der Waals surface area (Å²) in [4.78, 5) is 23.2. The number of hydrogen-bond donors (Lipinski definition) is 0. The number of ether oxygens (including phenoxy) is 2. The van der Waals surface area contributed by atoms with Crippen LogP contribution in [0.4, 0.5) is 0 Å². The Morgan fingerprint density at radius 3 is 1.55 bits per heavy atom. The van der Waals surface area contributed by atoms with Crippen molar-refractivity contribution in [2.24, 2.45) is 0 Å². The first-order chi connectivity index (χ1) is 9.60. The maximum atomic E-state index is 11.6. The van der Waals surface area contributed by atoms with E-state index in [4.69, 9.17) is 20.0 Å². The molecule has 0 spiro atoms. The highest BCUT2D eigenvalue weighted by Gasteiger charge is 2.26. The number of nitrogens with zero attached hydrogens (tertiary/aromatic N) is 2. The molecule has 0 radical (unpaired) electrons. The zero-order valence-electron chi connectivity index (χ0n) is 11.3. The van der Waals surface area contributed by atoms with E-state index in [9.17, 15) is 9.59 Å². The van der Waals surface area contributed by atoms with E-state index in [0.29, 0.717) is 0 Å². The summed E-state index contributed by atoms with van der Waals surface area (Å²) in [5.41, 5.74) is 0. The molecule has 20 heavy (non-hydrogen) atoms. The fourth-order valence-corrected chi connectivity index (χ4v) is 2.44. The molecule has 0 bridgehead atoms. The standard InChI is InChI=1S/C12H16N2O4S2/c1-3-17-11(15)9(19-7-13)5-6-10(20-8-14)12(16)18-4-2/h9-10H,3-6H2,1-2H3. The second-order valence-electron chi connectivity index (χ2n) is 3.48. The summed E-state index contributed by atoms with van der Waals surface area (Å²) in [6.07, 6.45) is 0.546. The molecule has 0 saturated heterocycles. The Hall–Kier alpha value is -1.38. The van der Waals surface area contributed by atoms with Crippen molar-refractivity contribution < 1.29 is 19.1 Å². The van der Waals surface area contributed by atoms with E-state index in [1.54, 1.807) is 13.8 Å². The van der Waals surface area contributed by atoms with Gasteiger partial charge in [-0.1, -0.05) is 0 Å². The molecule has 0 amide bonds. The van der Waals surface area contributed by atoms with Crippen LogP contribution in [0.3, 0.4) is 0 Å². The Kier molecular flexibility index (Phi) is 10.7. The molecule has 0 aliphatic rings. The van der Waals surface area contributed by atoms with Gasteiger partial charge < -0.3 is 9.47 Å². The normalized spacial score (nSPS) is 12.6. The number of thioether (sulfide) groups is 2. The Morgan fingerprint density at radius 2 is 1.30 bits per heavy atom. The van der Waals surface area contributed by atoms with Gasteiger partial charge >= 0.3 is 11.9 Å². The summed E-state index contributed by atoms with van der Waals surface area (Å²) in [6.45, 7) is 3.82. The molecule has 8 heteroatoms. The highest BCUT2D eigenvalue weighted by molar-refractivity contribution is 8.05. The van der Waals surface area contributed by atoms with Gasteiger partial charge in [0.15, 0.2) is 0 Å². The fraction of sp³-hybridized carbons (Fsp3) is 0.667. The zero-order chi connectivity index (χ0) is 15.4. The van der Waals surface area contributed by atoms with Crippen molar-refractivity contribution in [3.05, 3.63) is 0 Å². The molecule has 0 saturated carbocycles. The van der Waals surface area contributed by atoms with Crippen molar-refractivity contribution in [1.29, 1.82) is 10.5 Å². The van der Waals surface area contributed by atoms with Gasteiger partial charge in [0, 0.05) is 0 Å². The Labute approximate surface area is 126 Å². The van der Waals surface area contributed by atoms with Crippen molar-refractivity contribution >= 4 is 35.5 Å². The lowest BCUT2D eigenvalue weighted by molar-refractivity contribution is -0.144. The predicted octanol–water partition coefficient (Wildman–Crippen LogP) is 2.06. The van der Waals surface area contributed by atoms with Crippen LogP contribution in [0.15, 0.2) is 0 Å². The van der Waals surface area contributed by atoms with Crippen LogP contribution in [0.25, 0.3) is 0 Å². The van der Waals surface area contributed by atoms with Gasteiger partial charge in [0.05, 0.1) is 13.2 Å². The minimum atomic E-state index is -0.656. The molecule has 110 valence electrons. The molecule has 0 N–H and O–H groups in total. The molecule has 0 rings (SSSR count). The number of carbonyl (C=O) groups excluding carboxylic acids is 2. The van der Waals surface area contributed by atoms with Gasteiger partial charge in [-0.05, 0) is 50.2 Å². The zero-order valence-corrected chi connectivity index (χ0v) is 13.0. The highest BCUT2D eigenvalue weighted by atomic mass is 32.2. The highest BCUT2D eigenvalue weighted by Crippen LogP contribution is 2.23. The summed E-state index contributed by atoms with van der Waals surface area (Å²) in [7, 11) is 0. The molecule has 2 atom stereocenters. The van der Waals surface area contributed by atoms with Gasteiger partial charge in [-0.2, -0.15) is 10.5 Å². The topological polar surface area (TPSA) is 100 Å². The average molecular weight is 316 g/mol. The van der Waals surface area contributed by atoms with Crippen molar-refractivity contribution in [1.82, 2.24) is 0 Å². The van der Waals surface area contributed by atoms with E-state index in [-0.39, 0.29) is 26.1 Å². The lowest BCUT2D eigenvalue weighted by atomic mass is 10.2. The molecule has 0 aliphatic carbocycles. The first kappa shape index (κ1) is 18.6. The van der Waals surface area contributed by atoms with Crippen LogP contribution in [-0.4, -0.2) is 35.7 Å². The van der Waals surface area contributed by atoms with E-state index in [0.717, 1.165) is 23.5 Å². The summed E-state index contributed by atoms with van der Waals surface area (Å²) >= 11 is 1.59. The first-order valence-electron chi connectivity index (χ1n) is 6.03. The molecule has 0 aromatic carbocycles. The average Bonchev–Trinajstić information content (AvgIpc) is 2.42. The second kappa shape index (κ2) is 11.4. The van der Waals surface area contributed by atoms with Gasteiger partial charge in [-0.25, -0.2) is 0 Å². The van der Waals surface area contributed by atoms with E-state index in [1.807, 2.05) is 10.8 Å². The van der Waals surface area contributed by atoms with E-state index in [2.05, 4.69) is 0 Å². The van der Waals surface area contributed by atoms with Gasteiger partial charge in [-0.3, -0.25) is 9.59 Å². The largest absolute Gasteiger partial charge is 0.465 e. The lowest BCUT2D eigenvalue weighted by Crippen LogP contribution is -2.25. The Balaban J connectivity index is 4.55. The van der Waals surface area contributed by atoms with E-state index in [1.165, 1.54) is 0 Å². The van der Waals surface area contributed by atoms with Crippen LogP contribution in [-0.2, 0) is 19.1 Å². The first-order valence-corrected chi connectivity index (χ1v) is 7.79. The third-order valence-electron chi connectivity index (χ3n) is 2.18. The smallest absolute Gasteiger partial charge is 0.320 e. The minimum absolute atomic E-state index is 0.232. The number of thiocyanates is 2. The van der Waals surface area contributed by atoms with Gasteiger partial charge in [0.1, 0.15) is 21.3 Å². The molecular weight excluding hydrogens is 300 g/mol. The maximum absolute atomic E-state index is 11.6. The Morgan fingerprint density at radius 1 is 0.950 bits per heavy atom. The predicted molar refractivity (Wildman–Crippen MR) is 76.5 cm³/mol. The molecule has 0 aromatic heterocycles. The molecule has 6 nitrogen and oxygen atoms in total. The van der Waals surface area contributed by atoms with Crippen LogP contribution in [0.2, 0.25) is 0 Å². The fourth-order valence-electron chi connectivity index (χ4n) is 1.35. The van der Waals surface area contributed by atoms with Crippen LogP contribution < -0.4 is 0 Å². The summed E-state index contributed by atoms with van der Waals surface area (Å²) < 4.78 is 9.72. The molecule has 0 fully saturated rings. The van der Waals surface area contributed by atoms with Crippen LogP contribution in [0, 0.1) is 21.3 Å². The number of nitriles is 2. The van der Waals surface area contributed by atoms with Crippen molar-refractivity contribution in [3.63, 3.8) is 0 Å². The monoisotopic (exact) mass is 316 g/mol. The van der Waals surface area contributed by atoms with Gasteiger partial charge in [0.25, 0.3) is 0 Å². The third kappa shape index (κ3) is 7.27. The van der Waals surface area contributed by atoms with Gasteiger partial charge in [-0.15, -0.1) is 0 Å². The number of esters is 2. The Bertz CT molecular complexity index is 365. The molecule has 0 aromatic rings. The molecule has 2 unspecified atom stereocenters. The number of carbonyl (C=O) groups is 2. The van der Waals surface area contributed by atoms with Crippen LogP contribution in [0.1, 0.15) is 26.7 Å². The number of rotatable bonds is 9. The van der Waals surface area contributed by atoms with Crippen LogP contribution >= 0.6 is 23.5 Å². The van der Waals surface area contributed by atoms with Crippen molar-refractivity contribution in [2.75, 3.05) is 13.2 Å². The minimum Gasteiger partial charge on any atom is -0.465 e. The van der Waals surface area contributed by atoms with Gasteiger partial charge in [0.2, 0.25) is 0 Å². The van der Waals surface area contributed by atoms with Crippen molar-refractivity contribution in [3.8, 4) is 10.8 Å². The summed E-state index contributed by atoms with van der Waals surface area (Å²) in [5, 5.41) is 19.7. The van der Waals surface area contributed by atoms with E-state index >= 15 is 0 Å². The maximum Gasteiger partial charge on any atom is 0.320 e. The SMILES string of the molecule is CCOC(=O)C(CCC(SC#N)C(=O)OCC)SC#N. The summed E-state index contributed by atoms with van der Waals surface area (Å²) in [5.74, 6) is -0.966. The second-order valence-corrected chi connectivity index (χ2v) is 5.45. The van der Waals surface area contributed by atoms with Crippen LogP contribution in [0.5, 0.6) is 0 Å². The quantitative estimate of drug-likeness (QED) is 0.470.